The van der Waals surface area contributed by atoms with Gasteiger partial charge in [0.15, 0.2) is 0 Å². The summed E-state index contributed by atoms with van der Waals surface area (Å²) >= 11 is 0. The van der Waals surface area contributed by atoms with Gasteiger partial charge >= 0.3 is 0 Å². The normalized spacial score (nSPS) is 11.1. The van der Waals surface area contributed by atoms with Crippen LogP contribution in [0.1, 0.15) is 5.56 Å². The molecule has 0 aliphatic carbocycles. The number of likely N-dealkylation sites (N-methyl/N-ethyl adjacent to an activating group) is 2. The third-order valence-corrected chi connectivity index (χ3v) is 2.58. The number of amides is 2. The molecule has 1 heterocycles. The first-order chi connectivity index (χ1) is 8.71. The molecule has 0 aliphatic heterocycles. The highest BCUT2D eigenvalue weighted by atomic mass is 19.1. The standard InChI is InChI=1S/C12H16FN3O3/c1-15(2)10(17)12(19,11(18)16(3)4)8-5-6-9(13)14-7-8/h5-7,19H,1-4H3. The van der Waals surface area contributed by atoms with Crippen molar-refractivity contribution >= 4 is 11.8 Å². The summed E-state index contributed by atoms with van der Waals surface area (Å²) in [6.07, 6.45) is 0.970. The number of carbonyl (C=O) groups excluding carboxylic acids is 2. The minimum atomic E-state index is -2.41. The van der Waals surface area contributed by atoms with Gasteiger partial charge in [0.2, 0.25) is 11.5 Å². The van der Waals surface area contributed by atoms with Crippen LogP contribution < -0.4 is 0 Å². The van der Waals surface area contributed by atoms with Crippen molar-refractivity contribution < 1.29 is 19.1 Å². The molecule has 6 nitrogen and oxygen atoms in total. The molecule has 1 N–H and O–H groups in total. The van der Waals surface area contributed by atoms with E-state index < -0.39 is 23.4 Å². The highest BCUT2D eigenvalue weighted by molar-refractivity contribution is 6.08. The van der Waals surface area contributed by atoms with E-state index in [1.54, 1.807) is 0 Å². The summed E-state index contributed by atoms with van der Waals surface area (Å²) in [5, 5.41) is 10.5. The fourth-order valence-electron chi connectivity index (χ4n) is 1.58. The Morgan fingerprint density at radius 1 is 1.16 bits per heavy atom. The number of aromatic nitrogens is 1. The van der Waals surface area contributed by atoms with Crippen LogP contribution in [-0.4, -0.2) is 59.9 Å². The predicted octanol–water partition coefficient (Wildman–Crippen LogP) is -0.415. The molecule has 0 atom stereocenters. The Morgan fingerprint density at radius 3 is 1.95 bits per heavy atom. The van der Waals surface area contributed by atoms with E-state index >= 15 is 0 Å². The highest BCUT2D eigenvalue weighted by Crippen LogP contribution is 2.25. The predicted molar refractivity (Wildman–Crippen MR) is 65.5 cm³/mol. The summed E-state index contributed by atoms with van der Waals surface area (Å²) in [6, 6.07) is 2.14. The van der Waals surface area contributed by atoms with Crippen LogP contribution in [0.4, 0.5) is 4.39 Å². The summed E-state index contributed by atoms with van der Waals surface area (Å²) in [6.45, 7) is 0. The van der Waals surface area contributed by atoms with Crippen LogP contribution in [0.2, 0.25) is 0 Å². The van der Waals surface area contributed by atoms with E-state index in [9.17, 15) is 19.1 Å². The molecule has 7 heteroatoms. The molecule has 0 unspecified atom stereocenters. The Bertz CT molecular complexity index is 465. The van der Waals surface area contributed by atoms with Crippen molar-refractivity contribution in [3.63, 3.8) is 0 Å². The fourth-order valence-corrected chi connectivity index (χ4v) is 1.58. The first kappa shape index (κ1) is 15.0. The van der Waals surface area contributed by atoms with E-state index in [0.717, 1.165) is 28.1 Å². The second-order valence-corrected chi connectivity index (χ2v) is 4.48. The van der Waals surface area contributed by atoms with Gasteiger partial charge in [-0.2, -0.15) is 4.39 Å². The van der Waals surface area contributed by atoms with Crippen molar-refractivity contribution in [1.82, 2.24) is 14.8 Å². The lowest BCUT2D eigenvalue weighted by molar-refractivity contribution is -0.165. The lowest BCUT2D eigenvalue weighted by Gasteiger charge is -2.30. The molecule has 2 amide bonds. The summed E-state index contributed by atoms with van der Waals surface area (Å²) in [7, 11) is 5.64. The Kier molecular flexibility index (Phi) is 4.21. The molecule has 1 aromatic heterocycles. The molecule has 0 radical (unpaired) electrons. The SMILES string of the molecule is CN(C)C(=O)C(O)(C(=O)N(C)C)c1ccc(F)nc1. The lowest BCUT2D eigenvalue weighted by Crippen LogP contribution is -2.54. The molecule has 104 valence electrons. The largest absolute Gasteiger partial charge is 0.368 e. The average molecular weight is 269 g/mol. The van der Waals surface area contributed by atoms with Gasteiger partial charge < -0.3 is 14.9 Å². The lowest BCUT2D eigenvalue weighted by atomic mass is 9.92. The first-order valence-corrected chi connectivity index (χ1v) is 5.49. The minimum Gasteiger partial charge on any atom is -0.368 e. The Labute approximate surface area is 110 Å². The van der Waals surface area contributed by atoms with Crippen molar-refractivity contribution in [2.45, 2.75) is 5.60 Å². The average Bonchev–Trinajstić information content (AvgIpc) is 2.36. The van der Waals surface area contributed by atoms with Crippen LogP contribution in [0.15, 0.2) is 18.3 Å². The number of hydrogen-bond donors (Lipinski definition) is 1. The van der Waals surface area contributed by atoms with Crippen molar-refractivity contribution in [2.75, 3.05) is 28.2 Å². The molecule has 0 saturated carbocycles. The van der Waals surface area contributed by atoms with E-state index in [-0.39, 0.29) is 5.56 Å². The third-order valence-electron chi connectivity index (χ3n) is 2.58. The van der Waals surface area contributed by atoms with Gasteiger partial charge in [-0.25, -0.2) is 4.98 Å². The maximum atomic E-state index is 12.8. The van der Waals surface area contributed by atoms with E-state index in [0.29, 0.717) is 0 Å². The van der Waals surface area contributed by atoms with E-state index in [1.807, 2.05) is 0 Å². The summed E-state index contributed by atoms with van der Waals surface area (Å²) in [5.41, 5.74) is -2.49. The molecule has 0 fully saturated rings. The Hall–Kier alpha value is -2.02. The number of carbonyl (C=O) groups is 2. The quantitative estimate of drug-likeness (QED) is 0.598. The van der Waals surface area contributed by atoms with Crippen molar-refractivity contribution in [3.8, 4) is 0 Å². The number of nitrogens with zero attached hydrogens (tertiary/aromatic N) is 3. The number of rotatable bonds is 3. The summed E-state index contributed by atoms with van der Waals surface area (Å²) in [5.74, 6) is -2.40. The molecular weight excluding hydrogens is 253 g/mol. The monoisotopic (exact) mass is 269 g/mol. The zero-order valence-corrected chi connectivity index (χ0v) is 11.2. The second-order valence-electron chi connectivity index (χ2n) is 4.48. The van der Waals surface area contributed by atoms with Crippen molar-refractivity contribution in [1.29, 1.82) is 0 Å². The van der Waals surface area contributed by atoms with Gasteiger partial charge in [-0.3, -0.25) is 9.59 Å². The van der Waals surface area contributed by atoms with Gasteiger partial charge in [0.05, 0.1) is 0 Å². The zero-order valence-electron chi connectivity index (χ0n) is 11.2. The van der Waals surface area contributed by atoms with Gasteiger partial charge in [0.1, 0.15) is 0 Å². The van der Waals surface area contributed by atoms with Crippen LogP contribution in [0.5, 0.6) is 0 Å². The van der Waals surface area contributed by atoms with Crippen LogP contribution >= 0.6 is 0 Å². The Morgan fingerprint density at radius 2 is 1.63 bits per heavy atom. The highest BCUT2D eigenvalue weighted by Gasteiger charge is 2.48. The number of aliphatic hydroxyl groups is 1. The summed E-state index contributed by atoms with van der Waals surface area (Å²) < 4.78 is 12.8. The van der Waals surface area contributed by atoms with E-state index in [2.05, 4.69) is 4.98 Å². The fraction of sp³-hybridized carbons (Fsp3) is 0.417. The van der Waals surface area contributed by atoms with Gasteiger partial charge in [0, 0.05) is 40.0 Å². The van der Waals surface area contributed by atoms with Gasteiger partial charge in [-0.15, -0.1) is 0 Å². The maximum absolute atomic E-state index is 12.8. The van der Waals surface area contributed by atoms with Crippen LogP contribution in [0.3, 0.4) is 0 Å². The number of halogens is 1. The zero-order chi connectivity index (χ0) is 14.8. The molecule has 1 rings (SSSR count). The van der Waals surface area contributed by atoms with Gasteiger partial charge in [-0.05, 0) is 12.1 Å². The second kappa shape index (κ2) is 5.31. The molecule has 0 saturated heterocycles. The van der Waals surface area contributed by atoms with Gasteiger partial charge in [-0.1, -0.05) is 0 Å². The molecule has 0 aliphatic rings. The van der Waals surface area contributed by atoms with Crippen molar-refractivity contribution in [2.24, 2.45) is 0 Å². The van der Waals surface area contributed by atoms with E-state index in [4.69, 9.17) is 0 Å². The third kappa shape index (κ3) is 2.70. The molecule has 19 heavy (non-hydrogen) atoms. The number of hydrogen-bond acceptors (Lipinski definition) is 4. The van der Waals surface area contributed by atoms with Gasteiger partial charge in [0.25, 0.3) is 11.8 Å². The van der Waals surface area contributed by atoms with Crippen LogP contribution in [0.25, 0.3) is 0 Å². The minimum absolute atomic E-state index is 0.0775. The number of pyridine rings is 1. The molecular formula is C12H16FN3O3. The van der Waals surface area contributed by atoms with E-state index in [1.165, 1.54) is 28.2 Å². The molecule has 0 bridgehead atoms. The molecule has 0 aromatic carbocycles. The van der Waals surface area contributed by atoms with Crippen LogP contribution in [0, 0.1) is 5.95 Å². The first-order valence-electron chi connectivity index (χ1n) is 5.49. The smallest absolute Gasteiger partial charge is 0.268 e. The Balaban J connectivity index is 3.38. The van der Waals surface area contributed by atoms with Crippen molar-refractivity contribution in [3.05, 3.63) is 29.8 Å². The molecule has 0 spiro atoms. The summed E-state index contributed by atoms with van der Waals surface area (Å²) in [4.78, 5) is 29.7. The topological polar surface area (TPSA) is 73.7 Å². The van der Waals surface area contributed by atoms with Crippen LogP contribution in [-0.2, 0) is 15.2 Å². The molecule has 1 aromatic rings. The maximum Gasteiger partial charge on any atom is 0.268 e.